The van der Waals surface area contributed by atoms with E-state index in [9.17, 15) is 15.8 Å². The van der Waals surface area contributed by atoms with E-state index in [1.54, 1.807) is 0 Å². The highest BCUT2D eigenvalue weighted by Gasteiger charge is 2.21. The van der Waals surface area contributed by atoms with E-state index in [2.05, 4.69) is 81.9 Å². The summed E-state index contributed by atoms with van der Waals surface area (Å²) in [5.74, 6) is 0. The van der Waals surface area contributed by atoms with Gasteiger partial charge in [0, 0.05) is 38.4 Å². The predicted octanol–water partition coefficient (Wildman–Crippen LogP) is 10.8. The van der Waals surface area contributed by atoms with E-state index in [0.717, 1.165) is 66.1 Å². The molecule has 0 bridgehead atoms. The topological polar surface area (TPSA) is 81.2 Å². The minimum absolute atomic E-state index is 0.491. The number of aromatic nitrogens is 2. The molecule has 0 fully saturated rings. The van der Waals surface area contributed by atoms with E-state index in [0.29, 0.717) is 27.8 Å². The molecular weight excluding hydrogens is 611 g/mol. The van der Waals surface area contributed by atoms with Crippen LogP contribution in [0.5, 0.6) is 0 Å². The Balaban J connectivity index is 1.26. The SMILES string of the molecule is N#Cc1ccc2c(c1)c1ccccc1n2-c1cccc(-c2ccc(C#N)c(-c3c(C#N)cccc3-n3c4ccccc4c4ccccc43)c2)c1. The summed E-state index contributed by atoms with van der Waals surface area (Å²) < 4.78 is 4.43. The molecule has 5 nitrogen and oxygen atoms in total. The summed E-state index contributed by atoms with van der Waals surface area (Å²) >= 11 is 0. The zero-order valence-corrected chi connectivity index (χ0v) is 26.7. The van der Waals surface area contributed by atoms with E-state index in [4.69, 9.17) is 0 Å². The molecule has 7 aromatic carbocycles. The lowest BCUT2D eigenvalue weighted by Crippen LogP contribution is -2.01. The van der Waals surface area contributed by atoms with Crippen molar-refractivity contribution < 1.29 is 0 Å². The first-order valence-corrected chi connectivity index (χ1v) is 16.3. The molecule has 0 atom stereocenters. The van der Waals surface area contributed by atoms with Crippen molar-refractivity contribution in [1.82, 2.24) is 9.13 Å². The molecule has 0 aliphatic carbocycles. The molecule has 0 aliphatic heterocycles. The summed E-state index contributed by atoms with van der Waals surface area (Å²) in [6.07, 6.45) is 0. The maximum Gasteiger partial charge on any atom is 0.0998 e. The Kier molecular flexibility index (Phi) is 6.56. The second kappa shape index (κ2) is 11.4. The van der Waals surface area contributed by atoms with Crippen molar-refractivity contribution in [2.24, 2.45) is 0 Å². The van der Waals surface area contributed by atoms with Crippen molar-refractivity contribution >= 4 is 43.6 Å². The Bertz CT molecular complexity index is 2920. The molecule has 0 saturated carbocycles. The largest absolute Gasteiger partial charge is 0.309 e. The molecule has 0 spiro atoms. The fraction of sp³-hybridized carbons (Fsp3) is 0. The molecule has 2 aromatic heterocycles. The van der Waals surface area contributed by atoms with Crippen LogP contribution in [0.25, 0.3) is 77.2 Å². The van der Waals surface area contributed by atoms with Crippen molar-refractivity contribution in [3.8, 4) is 51.8 Å². The predicted molar refractivity (Wildman–Crippen MR) is 200 cm³/mol. The van der Waals surface area contributed by atoms with Crippen LogP contribution in [0.15, 0.2) is 152 Å². The van der Waals surface area contributed by atoms with E-state index in [1.165, 1.54) is 0 Å². The van der Waals surface area contributed by atoms with Gasteiger partial charge in [-0.25, -0.2) is 0 Å². The number of nitriles is 3. The van der Waals surface area contributed by atoms with Gasteiger partial charge in [0.25, 0.3) is 0 Å². The smallest absolute Gasteiger partial charge is 0.0998 e. The lowest BCUT2D eigenvalue weighted by Gasteiger charge is -2.17. The molecule has 230 valence electrons. The molecule has 0 radical (unpaired) electrons. The van der Waals surface area contributed by atoms with Gasteiger partial charge in [0.2, 0.25) is 0 Å². The maximum atomic E-state index is 10.5. The highest BCUT2D eigenvalue weighted by molar-refractivity contribution is 6.11. The lowest BCUT2D eigenvalue weighted by atomic mass is 9.91. The lowest BCUT2D eigenvalue weighted by molar-refractivity contribution is 1.18. The number of hydrogen-bond donors (Lipinski definition) is 0. The molecule has 0 saturated heterocycles. The van der Waals surface area contributed by atoms with E-state index < -0.39 is 0 Å². The first kappa shape index (κ1) is 28.8. The first-order chi connectivity index (χ1) is 24.7. The summed E-state index contributed by atoms with van der Waals surface area (Å²) in [5.41, 5.74) is 10.9. The van der Waals surface area contributed by atoms with Gasteiger partial charge in [-0.05, 0) is 83.9 Å². The number of benzene rings is 7. The van der Waals surface area contributed by atoms with Gasteiger partial charge in [0.15, 0.2) is 0 Å². The van der Waals surface area contributed by atoms with Crippen molar-refractivity contribution in [3.63, 3.8) is 0 Å². The van der Waals surface area contributed by atoms with Gasteiger partial charge in [-0.3, -0.25) is 0 Å². The van der Waals surface area contributed by atoms with E-state index in [-0.39, 0.29) is 0 Å². The Morgan fingerprint density at radius 2 is 1.00 bits per heavy atom. The van der Waals surface area contributed by atoms with Gasteiger partial charge < -0.3 is 9.13 Å². The number of hydrogen-bond acceptors (Lipinski definition) is 3. The maximum absolute atomic E-state index is 10.5. The molecule has 9 rings (SSSR count). The third-order valence-corrected chi connectivity index (χ3v) is 9.63. The molecule has 2 heterocycles. The molecule has 0 N–H and O–H groups in total. The van der Waals surface area contributed by atoms with Crippen LogP contribution in [0.4, 0.5) is 0 Å². The van der Waals surface area contributed by atoms with Gasteiger partial charge in [-0.1, -0.05) is 78.9 Å². The van der Waals surface area contributed by atoms with Gasteiger partial charge in [-0.15, -0.1) is 0 Å². The summed E-state index contributed by atoms with van der Waals surface area (Å²) in [6.45, 7) is 0. The Labute approximate surface area is 287 Å². The van der Waals surface area contributed by atoms with Crippen LogP contribution in [-0.4, -0.2) is 9.13 Å². The Hall–Kier alpha value is -7.39. The van der Waals surface area contributed by atoms with Gasteiger partial charge >= 0.3 is 0 Å². The van der Waals surface area contributed by atoms with Crippen LogP contribution in [0, 0.1) is 34.0 Å². The minimum atomic E-state index is 0.491. The molecule has 50 heavy (non-hydrogen) atoms. The summed E-state index contributed by atoms with van der Waals surface area (Å²) in [6, 6.07) is 57.7. The average molecular weight is 636 g/mol. The third-order valence-electron chi connectivity index (χ3n) is 9.63. The van der Waals surface area contributed by atoms with Crippen LogP contribution >= 0.6 is 0 Å². The standard InChI is InChI=1S/C45H25N5/c46-26-29-19-22-43-39(23-29)37-14-3-4-15-40(37)49(43)34-11-7-9-30(24-34)31-20-21-32(27-47)38(25-31)45-33(28-48)10-8-18-44(45)50-41-16-5-1-12-35(41)36-13-2-6-17-42(36)50/h1-25H. The van der Waals surface area contributed by atoms with Crippen LogP contribution in [0.2, 0.25) is 0 Å². The van der Waals surface area contributed by atoms with Crippen LogP contribution in [0.1, 0.15) is 16.7 Å². The quantitative estimate of drug-likeness (QED) is 0.193. The van der Waals surface area contributed by atoms with E-state index >= 15 is 0 Å². The van der Waals surface area contributed by atoms with Gasteiger partial charge in [-0.2, -0.15) is 15.8 Å². The number of nitrogens with zero attached hydrogens (tertiary/aromatic N) is 5. The molecule has 5 heteroatoms. The number of fused-ring (bicyclic) bond motifs is 6. The second-order valence-electron chi connectivity index (χ2n) is 12.3. The Morgan fingerprint density at radius 1 is 0.400 bits per heavy atom. The van der Waals surface area contributed by atoms with Crippen LogP contribution in [0.3, 0.4) is 0 Å². The third kappa shape index (κ3) is 4.31. The van der Waals surface area contributed by atoms with Gasteiger partial charge in [0.1, 0.15) is 0 Å². The Morgan fingerprint density at radius 3 is 1.68 bits per heavy atom. The molecule has 9 aromatic rings. The van der Waals surface area contributed by atoms with Crippen molar-refractivity contribution in [1.29, 1.82) is 15.8 Å². The highest BCUT2D eigenvalue weighted by atomic mass is 15.0. The molecule has 0 unspecified atom stereocenters. The number of rotatable bonds is 4. The van der Waals surface area contributed by atoms with Crippen LogP contribution in [-0.2, 0) is 0 Å². The number of para-hydroxylation sites is 3. The van der Waals surface area contributed by atoms with Crippen LogP contribution < -0.4 is 0 Å². The fourth-order valence-electron chi connectivity index (χ4n) is 7.46. The molecule has 0 aliphatic rings. The van der Waals surface area contributed by atoms with Crippen molar-refractivity contribution in [3.05, 3.63) is 168 Å². The molecular formula is C45H25N5. The summed E-state index contributed by atoms with van der Waals surface area (Å²) in [5, 5.41) is 34.8. The summed E-state index contributed by atoms with van der Waals surface area (Å²) in [7, 11) is 0. The first-order valence-electron chi connectivity index (χ1n) is 16.3. The summed E-state index contributed by atoms with van der Waals surface area (Å²) in [4.78, 5) is 0. The monoisotopic (exact) mass is 635 g/mol. The minimum Gasteiger partial charge on any atom is -0.309 e. The molecule has 0 amide bonds. The van der Waals surface area contributed by atoms with E-state index in [1.807, 2.05) is 97.1 Å². The average Bonchev–Trinajstić information content (AvgIpc) is 3.70. The van der Waals surface area contributed by atoms with Gasteiger partial charge in [0.05, 0.1) is 62.7 Å². The zero-order valence-electron chi connectivity index (χ0n) is 26.7. The zero-order chi connectivity index (χ0) is 33.8. The van der Waals surface area contributed by atoms with Crippen molar-refractivity contribution in [2.45, 2.75) is 0 Å². The normalized spacial score (nSPS) is 11.1. The second-order valence-corrected chi connectivity index (χ2v) is 12.3. The highest BCUT2D eigenvalue weighted by Crippen LogP contribution is 2.40. The fourth-order valence-corrected chi connectivity index (χ4v) is 7.46. The van der Waals surface area contributed by atoms with Crippen molar-refractivity contribution in [2.75, 3.05) is 0 Å².